The maximum atomic E-state index is 12.6. The van der Waals surface area contributed by atoms with Crippen LogP contribution in [-0.2, 0) is 0 Å². The number of amides is 1. The van der Waals surface area contributed by atoms with Crippen LogP contribution < -0.4 is 5.32 Å². The Bertz CT molecular complexity index is 902. The molecule has 1 heterocycles. The van der Waals surface area contributed by atoms with Gasteiger partial charge in [0.1, 0.15) is 0 Å². The highest BCUT2D eigenvalue weighted by Crippen LogP contribution is 2.32. The van der Waals surface area contributed by atoms with Crippen LogP contribution in [0.25, 0.3) is 11.3 Å². The number of anilines is 1. The minimum Gasteiger partial charge on any atom is -0.298 e. The molecule has 1 aromatic heterocycles. The minimum absolute atomic E-state index is 0.183. The summed E-state index contributed by atoms with van der Waals surface area (Å²) in [6, 6.07) is 13.5. The predicted molar refractivity (Wildman–Crippen MR) is 98.8 cm³/mol. The number of alkyl halides is 2. The van der Waals surface area contributed by atoms with Crippen LogP contribution in [-0.4, -0.2) is 16.6 Å². The first-order valence-electron chi connectivity index (χ1n) is 7.10. The van der Waals surface area contributed by atoms with E-state index in [0.717, 1.165) is 5.56 Å². The molecule has 0 atom stereocenters. The number of nitrogens with one attached hydrogen (secondary N) is 1. The van der Waals surface area contributed by atoms with E-state index in [1.807, 2.05) is 18.2 Å². The molecule has 8 heteroatoms. The molecule has 128 valence electrons. The molecule has 3 nitrogen and oxygen atoms in total. The first-order valence-corrected chi connectivity index (χ1v) is 9.24. The Labute approximate surface area is 156 Å². The van der Waals surface area contributed by atoms with Gasteiger partial charge in [0.05, 0.1) is 11.3 Å². The number of thioether (sulfide) groups is 1. The van der Waals surface area contributed by atoms with Gasteiger partial charge in [-0.15, -0.1) is 11.3 Å². The van der Waals surface area contributed by atoms with Crippen molar-refractivity contribution < 1.29 is 13.6 Å². The summed E-state index contributed by atoms with van der Waals surface area (Å²) in [5.74, 6) is -3.08. The topological polar surface area (TPSA) is 42.0 Å². The van der Waals surface area contributed by atoms with Gasteiger partial charge in [-0.2, -0.15) is 8.78 Å². The third kappa shape index (κ3) is 4.36. The molecule has 0 bridgehead atoms. The fourth-order valence-electron chi connectivity index (χ4n) is 2.14. The summed E-state index contributed by atoms with van der Waals surface area (Å²) >= 11 is 7.72. The summed E-state index contributed by atoms with van der Waals surface area (Å²) in [5, 5.41) is 5.35. The van der Waals surface area contributed by atoms with E-state index in [-0.39, 0.29) is 10.5 Å². The Morgan fingerprint density at radius 2 is 1.88 bits per heavy atom. The summed E-state index contributed by atoms with van der Waals surface area (Å²) in [4.78, 5) is 17.0. The summed E-state index contributed by atoms with van der Waals surface area (Å²) in [5.41, 5.74) is 1.58. The van der Waals surface area contributed by atoms with Crippen molar-refractivity contribution in [1.82, 2.24) is 4.98 Å². The van der Waals surface area contributed by atoms with E-state index in [9.17, 15) is 13.6 Å². The first kappa shape index (κ1) is 17.8. The Morgan fingerprint density at radius 1 is 1.16 bits per heavy atom. The van der Waals surface area contributed by atoms with Gasteiger partial charge in [-0.05, 0) is 18.2 Å². The summed E-state index contributed by atoms with van der Waals surface area (Å²) in [6.45, 7) is 0. The number of nitrogens with zero attached hydrogens (tertiary/aromatic N) is 1. The van der Waals surface area contributed by atoms with Gasteiger partial charge in [0, 0.05) is 20.9 Å². The lowest BCUT2D eigenvalue weighted by molar-refractivity contribution is 0.102. The van der Waals surface area contributed by atoms with Crippen molar-refractivity contribution in [2.45, 2.75) is 10.7 Å². The molecule has 0 saturated heterocycles. The van der Waals surface area contributed by atoms with Crippen LogP contribution in [0.15, 0.2) is 58.8 Å². The van der Waals surface area contributed by atoms with E-state index in [1.54, 1.807) is 23.6 Å². The quantitative estimate of drug-likeness (QED) is 0.535. The van der Waals surface area contributed by atoms with Gasteiger partial charge < -0.3 is 0 Å². The largest absolute Gasteiger partial charge is 0.298 e. The molecule has 25 heavy (non-hydrogen) atoms. The van der Waals surface area contributed by atoms with Crippen LogP contribution in [0.3, 0.4) is 0 Å². The molecule has 3 aromatic rings. The zero-order chi connectivity index (χ0) is 17.8. The maximum Gasteiger partial charge on any atom is 0.288 e. The molecule has 0 unspecified atom stereocenters. The van der Waals surface area contributed by atoms with Crippen molar-refractivity contribution in [1.29, 1.82) is 0 Å². The van der Waals surface area contributed by atoms with Crippen LogP contribution in [0.4, 0.5) is 13.9 Å². The lowest BCUT2D eigenvalue weighted by Gasteiger charge is -2.07. The SMILES string of the molecule is O=C(Nc1nc(-c2ccccc2Cl)cs1)c1ccccc1SC(F)F. The summed E-state index contributed by atoms with van der Waals surface area (Å²) in [6.07, 6.45) is 0. The van der Waals surface area contributed by atoms with Crippen LogP contribution in [0, 0.1) is 0 Å². The molecule has 1 N–H and O–H groups in total. The molecule has 0 fully saturated rings. The van der Waals surface area contributed by atoms with Crippen molar-refractivity contribution in [3.63, 3.8) is 0 Å². The highest BCUT2D eigenvalue weighted by atomic mass is 35.5. The number of hydrogen-bond acceptors (Lipinski definition) is 4. The fraction of sp³-hybridized carbons (Fsp3) is 0.0588. The van der Waals surface area contributed by atoms with E-state index in [2.05, 4.69) is 10.3 Å². The molecule has 3 rings (SSSR count). The van der Waals surface area contributed by atoms with Gasteiger partial charge in [0.25, 0.3) is 11.7 Å². The zero-order valence-electron chi connectivity index (χ0n) is 12.6. The Morgan fingerprint density at radius 3 is 2.64 bits per heavy atom. The molecular weight excluding hydrogens is 386 g/mol. The van der Waals surface area contributed by atoms with Crippen molar-refractivity contribution >= 4 is 45.7 Å². The molecule has 0 spiro atoms. The highest BCUT2D eigenvalue weighted by Gasteiger charge is 2.17. The van der Waals surface area contributed by atoms with E-state index in [4.69, 9.17) is 11.6 Å². The number of carbonyl (C=O) groups excluding carboxylic acids is 1. The number of thiazole rings is 1. The van der Waals surface area contributed by atoms with E-state index in [1.165, 1.54) is 23.5 Å². The third-order valence-electron chi connectivity index (χ3n) is 3.22. The third-order valence-corrected chi connectivity index (χ3v) is 5.10. The van der Waals surface area contributed by atoms with Crippen molar-refractivity contribution in [3.8, 4) is 11.3 Å². The van der Waals surface area contributed by atoms with Crippen LogP contribution in [0.2, 0.25) is 5.02 Å². The average Bonchev–Trinajstić information content (AvgIpc) is 3.03. The smallest absolute Gasteiger partial charge is 0.288 e. The second kappa shape index (κ2) is 7.95. The molecule has 1 amide bonds. The van der Waals surface area contributed by atoms with Gasteiger partial charge >= 0.3 is 0 Å². The van der Waals surface area contributed by atoms with Crippen LogP contribution in [0.5, 0.6) is 0 Å². The zero-order valence-corrected chi connectivity index (χ0v) is 15.0. The fourth-order valence-corrected chi connectivity index (χ4v) is 3.72. The summed E-state index contributed by atoms with van der Waals surface area (Å²) in [7, 11) is 0. The van der Waals surface area contributed by atoms with Gasteiger partial charge in [0.15, 0.2) is 5.13 Å². The Balaban J connectivity index is 1.80. The molecule has 0 radical (unpaired) electrons. The van der Waals surface area contributed by atoms with E-state index >= 15 is 0 Å². The number of aromatic nitrogens is 1. The molecule has 0 aliphatic rings. The number of benzene rings is 2. The average molecular weight is 397 g/mol. The van der Waals surface area contributed by atoms with E-state index < -0.39 is 11.7 Å². The number of halogens is 3. The molecule has 0 aliphatic heterocycles. The standard InChI is InChI=1S/C17H11ClF2N2OS2/c18-12-7-3-1-5-10(12)13-9-24-17(21-13)22-15(23)11-6-2-4-8-14(11)25-16(19)20/h1-9,16H,(H,21,22,23). The Hall–Kier alpha value is -1.96. The molecular formula is C17H11ClF2N2OS2. The number of hydrogen-bond donors (Lipinski definition) is 1. The van der Waals surface area contributed by atoms with Crippen molar-refractivity contribution in [2.24, 2.45) is 0 Å². The van der Waals surface area contributed by atoms with Gasteiger partial charge in [-0.3, -0.25) is 10.1 Å². The lowest BCUT2D eigenvalue weighted by atomic mass is 10.2. The highest BCUT2D eigenvalue weighted by molar-refractivity contribution is 7.99. The molecule has 0 saturated carbocycles. The molecule has 0 aliphatic carbocycles. The number of carbonyl (C=O) groups is 1. The maximum absolute atomic E-state index is 12.6. The van der Waals surface area contributed by atoms with Gasteiger partial charge in [-0.1, -0.05) is 53.7 Å². The Kier molecular flexibility index (Phi) is 5.67. The second-order valence-electron chi connectivity index (χ2n) is 4.85. The van der Waals surface area contributed by atoms with E-state index in [0.29, 0.717) is 27.6 Å². The van der Waals surface area contributed by atoms with Gasteiger partial charge in [0.2, 0.25) is 0 Å². The number of rotatable bonds is 5. The monoisotopic (exact) mass is 396 g/mol. The van der Waals surface area contributed by atoms with Crippen molar-refractivity contribution in [2.75, 3.05) is 5.32 Å². The summed E-state index contributed by atoms with van der Waals surface area (Å²) < 4.78 is 25.3. The van der Waals surface area contributed by atoms with Crippen LogP contribution in [0.1, 0.15) is 10.4 Å². The normalized spacial score (nSPS) is 10.9. The predicted octanol–water partition coefficient (Wildman–Crippen LogP) is 6.03. The van der Waals surface area contributed by atoms with Crippen LogP contribution >= 0.6 is 34.7 Å². The second-order valence-corrected chi connectivity index (χ2v) is 7.14. The minimum atomic E-state index is -2.60. The first-order chi connectivity index (χ1) is 12.0. The van der Waals surface area contributed by atoms with Gasteiger partial charge in [-0.25, -0.2) is 4.98 Å². The lowest BCUT2D eigenvalue weighted by Crippen LogP contribution is -2.13. The molecule has 2 aromatic carbocycles. The van der Waals surface area contributed by atoms with Crippen molar-refractivity contribution in [3.05, 3.63) is 64.5 Å².